The molecule has 0 radical (unpaired) electrons. The largest absolute Gasteiger partial charge is 0.430 e. The third-order valence-corrected chi connectivity index (χ3v) is 2.64. The van der Waals surface area contributed by atoms with E-state index in [-0.39, 0.29) is 11.7 Å². The Hall–Kier alpha value is -2.71. The minimum absolute atomic E-state index is 0.197. The Kier molecular flexibility index (Phi) is 3.03. The van der Waals surface area contributed by atoms with Crippen LogP contribution in [0.3, 0.4) is 0 Å². The molecule has 0 unspecified atom stereocenters. The Morgan fingerprint density at radius 3 is 2.63 bits per heavy atom. The number of nitrogens with zero attached hydrogens (tertiary/aromatic N) is 5. The zero-order chi connectivity index (χ0) is 14.2. The molecule has 19 heavy (non-hydrogen) atoms. The van der Waals surface area contributed by atoms with Gasteiger partial charge in [-0.25, -0.2) is 4.98 Å². The summed E-state index contributed by atoms with van der Waals surface area (Å²) in [6.45, 7) is 3.52. The fourth-order valence-corrected chi connectivity index (χ4v) is 1.62. The van der Waals surface area contributed by atoms with Gasteiger partial charge in [0.1, 0.15) is 12.0 Å². The summed E-state index contributed by atoms with van der Waals surface area (Å²) >= 11 is 0. The smallest absolute Gasteiger partial charge is 0.372 e. The zero-order valence-electron chi connectivity index (χ0n) is 10.6. The van der Waals surface area contributed by atoms with Crippen LogP contribution in [0, 0.1) is 24.0 Å². The van der Waals surface area contributed by atoms with Crippen molar-refractivity contribution in [2.24, 2.45) is 7.05 Å². The maximum absolute atomic E-state index is 11.0. The number of nitrogens with two attached hydrogens (primary N) is 1. The van der Waals surface area contributed by atoms with Crippen LogP contribution in [-0.4, -0.2) is 24.7 Å². The summed E-state index contributed by atoms with van der Waals surface area (Å²) in [5.41, 5.74) is 6.34. The first-order chi connectivity index (χ1) is 8.91. The lowest BCUT2D eigenvalue weighted by atomic mass is 10.3. The topological polar surface area (TPSA) is 122 Å². The van der Waals surface area contributed by atoms with Gasteiger partial charge in [-0.1, -0.05) is 0 Å². The number of aryl methyl sites for hydroxylation is 2. The van der Waals surface area contributed by atoms with Crippen LogP contribution in [0.1, 0.15) is 11.4 Å². The predicted octanol–water partition coefficient (Wildman–Crippen LogP) is 1.11. The summed E-state index contributed by atoms with van der Waals surface area (Å²) in [5.74, 6) is -0.0189. The number of ether oxygens (including phenoxy) is 1. The first kappa shape index (κ1) is 12.7. The van der Waals surface area contributed by atoms with Crippen LogP contribution >= 0.6 is 0 Å². The average molecular weight is 264 g/mol. The van der Waals surface area contributed by atoms with Crippen LogP contribution in [0.4, 0.5) is 11.5 Å². The van der Waals surface area contributed by atoms with Crippen LogP contribution in [0.15, 0.2) is 6.33 Å². The molecule has 0 aliphatic rings. The molecule has 0 atom stereocenters. The van der Waals surface area contributed by atoms with Gasteiger partial charge >= 0.3 is 11.6 Å². The Bertz CT molecular complexity index is 651. The van der Waals surface area contributed by atoms with Crippen LogP contribution in [0.25, 0.3) is 0 Å². The molecular formula is C10H12N6O3. The lowest BCUT2D eigenvalue weighted by Crippen LogP contribution is -2.03. The van der Waals surface area contributed by atoms with E-state index in [1.165, 1.54) is 0 Å². The number of rotatable bonds is 3. The highest BCUT2D eigenvalue weighted by atomic mass is 16.6. The summed E-state index contributed by atoms with van der Waals surface area (Å²) in [6, 6.07) is 0. The molecule has 2 aromatic heterocycles. The maximum Gasteiger partial charge on any atom is 0.372 e. The fraction of sp³-hybridized carbons (Fsp3) is 0.300. The number of aromatic nitrogens is 4. The fourth-order valence-electron chi connectivity index (χ4n) is 1.62. The molecule has 0 amide bonds. The van der Waals surface area contributed by atoms with E-state index in [0.29, 0.717) is 11.4 Å². The number of anilines is 1. The lowest BCUT2D eigenvalue weighted by molar-refractivity contribution is -0.385. The van der Waals surface area contributed by atoms with E-state index >= 15 is 0 Å². The van der Waals surface area contributed by atoms with E-state index in [9.17, 15) is 10.1 Å². The molecule has 0 aliphatic heterocycles. The van der Waals surface area contributed by atoms with Gasteiger partial charge in [0.05, 0.1) is 10.6 Å². The first-order valence-corrected chi connectivity index (χ1v) is 5.34. The number of nitrogen functional groups attached to an aromatic ring is 1. The molecule has 0 aliphatic carbocycles. The molecule has 9 heteroatoms. The minimum atomic E-state index is -0.675. The molecule has 0 fully saturated rings. The van der Waals surface area contributed by atoms with Crippen molar-refractivity contribution >= 4 is 11.5 Å². The van der Waals surface area contributed by atoms with Crippen LogP contribution in [0.2, 0.25) is 0 Å². The Morgan fingerprint density at radius 2 is 2.11 bits per heavy atom. The van der Waals surface area contributed by atoms with Crippen molar-refractivity contribution in [1.82, 2.24) is 19.7 Å². The van der Waals surface area contributed by atoms with E-state index in [0.717, 1.165) is 12.0 Å². The number of hydrogen-bond donors (Lipinski definition) is 1. The SMILES string of the molecule is Cc1nn(C)c(C)c1Oc1ncnc(N)c1[N+](=O)[O-]. The van der Waals surface area contributed by atoms with Crippen molar-refractivity contribution in [3.05, 3.63) is 27.8 Å². The van der Waals surface area contributed by atoms with Gasteiger partial charge in [-0.2, -0.15) is 10.1 Å². The Morgan fingerprint density at radius 1 is 1.42 bits per heavy atom. The van der Waals surface area contributed by atoms with Crippen molar-refractivity contribution in [3.63, 3.8) is 0 Å². The zero-order valence-corrected chi connectivity index (χ0v) is 10.6. The van der Waals surface area contributed by atoms with Gasteiger partial charge < -0.3 is 10.5 Å². The molecule has 0 bridgehead atoms. The third-order valence-electron chi connectivity index (χ3n) is 2.64. The normalized spacial score (nSPS) is 10.5. The van der Waals surface area contributed by atoms with E-state index < -0.39 is 10.6 Å². The molecule has 100 valence electrons. The Balaban J connectivity index is 2.50. The second-order valence-electron chi connectivity index (χ2n) is 3.90. The van der Waals surface area contributed by atoms with Crippen molar-refractivity contribution in [3.8, 4) is 11.6 Å². The summed E-state index contributed by atoms with van der Waals surface area (Å²) in [5, 5.41) is 15.1. The van der Waals surface area contributed by atoms with Crippen LogP contribution < -0.4 is 10.5 Å². The molecule has 2 rings (SSSR count). The molecule has 0 aromatic carbocycles. The Labute approximate surface area is 108 Å². The van der Waals surface area contributed by atoms with Gasteiger partial charge in [0, 0.05) is 7.05 Å². The van der Waals surface area contributed by atoms with E-state index in [4.69, 9.17) is 10.5 Å². The van der Waals surface area contributed by atoms with Crippen molar-refractivity contribution in [2.75, 3.05) is 5.73 Å². The van der Waals surface area contributed by atoms with Gasteiger partial charge in [-0.3, -0.25) is 14.8 Å². The molecule has 0 spiro atoms. The summed E-state index contributed by atoms with van der Waals surface area (Å²) in [7, 11) is 1.75. The molecule has 9 nitrogen and oxygen atoms in total. The quantitative estimate of drug-likeness (QED) is 0.650. The molecule has 2 aromatic rings. The van der Waals surface area contributed by atoms with E-state index in [1.807, 2.05) is 0 Å². The van der Waals surface area contributed by atoms with Crippen molar-refractivity contribution < 1.29 is 9.66 Å². The highest BCUT2D eigenvalue weighted by Gasteiger charge is 2.25. The van der Waals surface area contributed by atoms with E-state index in [2.05, 4.69) is 15.1 Å². The molecule has 2 N–H and O–H groups in total. The van der Waals surface area contributed by atoms with Crippen molar-refractivity contribution in [1.29, 1.82) is 0 Å². The lowest BCUT2D eigenvalue weighted by Gasteiger charge is -2.06. The van der Waals surface area contributed by atoms with E-state index in [1.54, 1.807) is 25.6 Å². The second-order valence-corrected chi connectivity index (χ2v) is 3.90. The third kappa shape index (κ3) is 2.17. The van der Waals surface area contributed by atoms with Gasteiger partial charge in [0.2, 0.25) is 5.82 Å². The summed E-state index contributed by atoms with van der Waals surface area (Å²) in [6.07, 6.45) is 1.11. The standard InChI is InChI=1S/C10H12N6O3/c1-5-8(6(2)15(3)14-5)19-10-7(16(17)18)9(11)12-4-13-10/h4H,1-3H3,(H2,11,12,13). The van der Waals surface area contributed by atoms with Gasteiger partial charge in [-0.15, -0.1) is 0 Å². The van der Waals surface area contributed by atoms with Crippen LogP contribution in [-0.2, 0) is 7.05 Å². The van der Waals surface area contributed by atoms with Crippen molar-refractivity contribution in [2.45, 2.75) is 13.8 Å². The molecule has 0 saturated carbocycles. The monoisotopic (exact) mass is 264 g/mol. The minimum Gasteiger partial charge on any atom is -0.430 e. The average Bonchev–Trinajstić information content (AvgIpc) is 2.55. The second kappa shape index (κ2) is 4.52. The first-order valence-electron chi connectivity index (χ1n) is 5.34. The van der Waals surface area contributed by atoms with Crippen LogP contribution in [0.5, 0.6) is 11.6 Å². The number of hydrogen-bond acceptors (Lipinski definition) is 7. The maximum atomic E-state index is 11.0. The molecular weight excluding hydrogens is 252 g/mol. The number of nitro groups is 1. The highest BCUT2D eigenvalue weighted by Crippen LogP contribution is 2.34. The summed E-state index contributed by atoms with van der Waals surface area (Å²) < 4.78 is 7.09. The predicted molar refractivity (Wildman–Crippen MR) is 65.9 cm³/mol. The highest BCUT2D eigenvalue weighted by molar-refractivity contribution is 5.59. The van der Waals surface area contributed by atoms with Gasteiger partial charge in [-0.05, 0) is 13.8 Å². The molecule has 2 heterocycles. The summed E-state index contributed by atoms with van der Waals surface area (Å²) in [4.78, 5) is 17.6. The van der Waals surface area contributed by atoms with Gasteiger partial charge in [0.25, 0.3) is 0 Å². The van der Waals surface area contributed by atoms with Gasteiger partial charge in [0.15, 0.2) is 5.75 Å². The molecule has 0 saturated heterocycles.